The fourth-order valence-corrected chi connectivity index (χ4v) is 4.51. The topological polar surface area (TPSA) is 69.2 Å². The zero-order chi connectivity index (χ0) is 21.9. The van der Waals surface area contributed by atoms with E-state index in [0.29, 0.717) is 19.0 Å². The van der Waals surface area contributed by atoms with Crippen LogP contribution in [0.4, 0.5) is 0 Å². The Morgan fingerprint density at radius 2 is 1.94 bits per heavy atom. The van der Waals surface area contributed by atoms with E-state index in [-0.39, 0.29) is 42.5 Å². The van der Waals surface area contributed by atoms with Gasteiger partial charge in [-0.3, -0.25) is 14.7 Å². The third-order valence-electron chi connectivity index (χ3n) is 5.40. The Morgan fingerprint density at radius 3 is 2.56 bits per heavy atom. The van der Waals surface area contributed by atoms with Crippen LogP contribution in [-0.2, 0) is 16.1 Å². The minimum Gasteiger partial charge on any atom is -0.379 e. The minimum atomic E-state index is 0. The smallest absolute Gasteiger partial charge is 0.242 e. The normalized spacial score (nSPS) is 15.5. The second-order valence-corrected chi connectivity index (χ2v) is 8.36. The largest absolute Gasteiger partial charge is 0.379 e. The Morgan fingerprint density at radius 1 is 1.19 bits per heavy atom. The average Bonchev–Trinajstić information content (AvgIpc) is 3.35. The van der Waals surface area contributed by atoms with Crippen molar-refractivity contribution in [2.75, 3.05) is 53.0 Å². The lowest BCUT2D eigenvalue weighted by molar-refractivity contribution is -0.130. The SMILES string of the molecule is CCN(Cc1ccccc1)C(=O)CNC(=NC)NCC(c1cccs1)N1CCOCC1.I. The van der Waals surface area contributed by atoms with E-state index in [1.165, 1.54) is 4.88 Å². The van der Waals surface area contributed by atoms with Crippen LogP contribution in [0.25, 0.3) is 0 Å². The molecule has 2 N–H and O–H groups in total. The number of morpholine rings is 1. The van der Waals surface area contributed by atoms with E-state index in [2.05, 4.69) is 38.0 Å². The summed E-state index contributed by atoms with van der Waals surface area (Å²) in [6.07, 6.45) is 0. The van der Waals surface area contributed by atoms with Crippen LogP contribution in [0.3, 0.4) is 0 Å². The van der Waals surface area contributed by atoms with E-state index in [9.17, 15) is 4.79 Å². The fourth-order valence-electron chi connectivity index (χ4n) is 3.64. The predicted molar refractivity (Wildman–Crippen MR) is 142 cm³/mol. The maximum atomic E-state index is 12.7. The first-order chi connectivity index (χ1) is 15.2. The van der Waals surface area contributed by atoms with Crippen LogP contribution in [0.1, 0.15) is 23.4 Å². The van der Waals surface area contributed by atoms with Gasteiger partial charge in [0.1, 0.15) is 0 Å². The van der Waals surface area contributed by atoms with Gasteiger partial charge in [0.25, 0.3) is 0 Å². The maximum Gasteiger partial charge on any atom is 0.242 e. The first-order valence-corrected chi connectivity index (χ1v) is 11.7. The molecule has 7 nitrogen and oxygen atoms in total. The van der Waals surface area contributed by atoms with Gasteiger partial charge < -0.3 is 20.3 Å². The summed E-state index contributed by atoms with van der Waals surface area (Å²) in [6.45, 7) is 7.56. The lowest BCUT2D eigenvalue weighted by Gasteiger charge is -2.34. The number of guanidine groups is 1. The Balaban J connectivity index is 0.00000363. The van der Waals surface area contributed by atoms with Crippen molar-refractivity contribution in [2.24, 2.45) is 4.99 Å². The highest BCUT2D eigenvalue weighted by Crippen LogP contribution is 2.25. The standard InChI is InChI=1S/C23H33N5O2S.HI/c1-3-27(18-19-8-5-4-6-9-19)22(29)17-26-23(24-2)25-16-20(21-10-7-15-31-21)28-11-13-30-14-12-28;/h4-10,15,20H,3,11-14,16-18H2,1-2H3,(H2,24,25,26);1H. The first-order valence-electron chi connectivity index (χ1n) is 10.8. The van der Waals surface area contributed by atoms with Crippen molar-refractivity contribution >= 4 is 47.2 Å². The number of nitrogens with one attached hydrogen (secondary N) is 2. The van der Waals surface area contributed by atoms with Crippen LogP contribution in [0, 0.1) is 0 Å². The molecule has 1 aromatic heterocycles. The van der Waals surface area contributed by atoms with Crippen LogP contribution >= 0.6 is 35.3 Å². The van der Waals surface area contributed by atoms with E-state index < -0.39 is 0 Å². The molecule has 0 saturated carbocycles. The number of hydrogen-bond acceptors (Lipinski definition) is 5. The first kappa shape index (κ1) is 26.6. The number of thiophene rings is 1. The van der Waals surface area contributed by atoms with Crippen LogP contribution in [-0.4, -0.2) is 74.7 Å². The van der Waals surface area contributed by atoms with Gasteiger partial charge in [-0.1, -0.05) is 36.4 Å². The van der Waals surface area contributed by atoms with Gasteiger partial charge >= 0.3 is 0 Å². The number of benzene rings is 1. The molecule has 1 saturated heterocycles. The van der Waals surface area contributed by atoms with E-state index in [4.69, 9.17) is 4.74 Å². The minimum absolute atomic E-state index is 0. The van der Waals surface area contributed by atoms with Crippen molar-refractivity contribution in [1.82, 2.24) is 20.4 Å². The molecule has 1 aliphatic heterocycles. The number of amides is 1. The number of carbonyl (C=O) groups excluding carboxylic acids is 1. The van der Waals surface area contributed by atoms with E-state index in [0.717, 1.165) is 38.4 Å². The molecule has 1 unspecified atom stereocenters. The number of nitrogens with zero attached hydrogens (tertiary/aromatic N) is 3. The van der Waals surface area contributed by atoms with Crippen LogP contribution in [0.5, 0.6) is 0 Å². The van der Waals surface area contributed by atoms with Crippen molar-refractivity contribution in [3.8, 4) is 0 Å². The summed E-state index contributed by atoms with van der Waals surface area (Å²) in [5.74, 6) is 0.691. The lowest BCUT2D eigenvalue weighted by Crippen LogP contribution is -2.48. The molecule has 0 radical (unpaired) electrons. The summed E-state index contributed by atoms with van der Waals surface area (Å²) in [4.78, 5) is 22.7. The molecule has 0 spiro atoms. The number of likely N-dealkylation sites (N-methyl/N-ethyl adjacent to an activating group) is 1. The quantitative estimate of drug-likeness (QED) is 0.275. The number of carbonyl (C=O) groups is 1. The molecule has 1 fully saturated rings. The molecule has 0 bridgehead atoms. The van der Waals surface area contributed by atoms with Gasteiger partial charge in [0.15, 0.2) is 5.96 Å². The number of hydrogen-bond donors (Lipinski definition) is 2. The second-order valence-electron chi connectivity index (χ2n) is 7.38. The van der Waals surface area contributed by atoms with Crippen LogP contribution in [0.15, 0.2) is 52.8 Å². The molecule has 32 heavy (non-hydrogen) atoms. The van der Waals surface area contributed by atoms with E-state index >= 15 is 0 Å². The van der Waals surface area contributed by atoms with E-state index in [1.54, 1.807) is 18.4 Å². The van der Waals surface area contributed by atoms with Crippen molar-refractivity contribution in [2.45, 2.75) is 19.5 Å². The molecule has 2 heterocycles. The highest BCUT2D eigenvalue weighted by atomic mass is 127. The molecule has 1 amide bonds. The summed E-state index contributed by atoms with van der Waals surface area (Å²) in [5.41, 5.74) is 1.13. The molecule has 9 heteroatoms. The summed E-state index contributed by atoms with van der Waals surface area (Å²) >= 11 is 1.77. The molecular formula is C23H34IN5O2S. The van der Waals surface area contributed by atoms with Gasteiger partial charge in [0, 0.05) is 44.6 Å². The van der Waals surface area contributed by atoms with Gasteiger partial charge in [-0.15, -0.1) is 35.3 Å². The molecule has 0 aliphatic carbocycles. The zero-order valence-corrected chi connectivity index (χ0v) is 22.0. The summed E-state index contributed by atoms with van der Waals surface area (Å²) in [5, 5.41) is 8.70. The molecule has 2 aromatic rings. The lowest BCUT2D eigenvalue weighted by atomic mass is 10.2. The summed E-state index contributed by atoms with van der Waals surface area (Å²) in [6, 6.07) is 14.6. The summed E-state index contributed by atoms with van der Waals surface area (Å²) < 4.78 is 5.52. The van der Waals surface area contributed by atoms with Crippen molar-refractivity contribution in [3.63, 3.8) is 0 Å². The fraction of sp³-hybridized carbons (Fsp3) is 0.478. The molecule has 1 atom stereocenters. The van der Waals surface area contributed by atoms with E-state index in [1.807, 2.05) is 42.2 Å². The maximum absolute atomic E-state index is 12.7. The van der Waals surface area contributed by atoms with Crippen LogP contribution in [0.2, 0.25) is 0 Å². The number of halogens is 1. The Hall–Kier alpha value is -1.69. The van der Waals surface area contributed by atoms with Crippen LogP contribution < -0.4 is 10.6 Å². The monoisotopic (exact) mass is 571 g/mol. The highest BCUT2D eigenvalue weighted by Gasteiger charge is 2.23. The predicted octanol–water partition coefficient (Wildman–Crippen LogP) is 2.95. The van der Waals surface area contributed by atoms with Gasteiger partial charge in [-0.05, 0) is 23.9 Å². The Kier molecular flexibility index (Phi) is 12.0. The third-order valence-corrected chi connectivity index (χ3v) is 6.38. The van der Waals surface area contributed by atoms with Gasteiger partial charge in [0.05, 0.1) is 25.8 Å². The van der Waals surface area contributed by atoms with Crippen molar-refractivity contribution in [1.29, 1.82) is 0 Å². The Labute approximate surface area is 212 Å². The average molecular weight is 572 g/mol. The highest BCUT2D eigenvalue weighted by molar-refractivity contribution is 14.0. The van der Waals surface area contributed by atoms with Gasteiger partial charge in [0.2, 0.25) is 5.91 Å². The number of ether oxygens (including phenoxy) is 1. The molecule has 176 valence electrons. The van der Waals surface area contributed by atoms with Gasteiger partial charge in [-0.25, -0.2) is 0 Å². The zero-order valence-electron chi connectivity index (χ0n) is 18.8. The Bertz CT molecular complexity index is 813. The molecule has 1 aromatic carbocycles. The third kappa shape index (κ3) is 8.02. The van der Waals surface area contributed by atoms with Gasteiger partial charge in [-0.2, -0.15) is 0 Å². The number of aliphatic imine (C=N–C) groups is 1. The van der Waals surface area contributed by atoms with Crippen molar-refractivity contribution in [3.05, 3.63) is 58.3 Å². The molecule has 1 aliphatic rings. The van der Waals surface area contributed by atoms with Crippen molar-refractivity contribution < 1.29 is 9.53 Å². The molecular weight excluding hydrogens is 537 g/mol. The summed E-state index contributed by atoms with van der Waals surface area (Å²) in [7, 11) is 1.73. The molecule has 3 rings (SSSR count). The second kappa shape index (κ2) is 14.5. The number of rotatable bonds is 9.